The molecule has 2 heterocycles. The van der Waals surface area contributed by atoms with Crippen LogP contribution in [0.4, 0.5) is 0 Å². The Morgan fingerprint density at radius 2 is 2.28 bits per heavy atom. The Morgan fingerprint density at radius 1 is 1.45 bits per heavy atom. The van der Waals surface area contributed by atoms with Crippen LogP contribution in [-0.4, -0.2) is 89.9 Å². The van der Waals surface area contributed by atoms with E-state index in [1.807, 2.05) is 6.92 Å². The van der Waals surface area contributed by atoms with E-state index < -0.39 is 9.84 Å². The molecule has 2 atom stereocenters. The van der Waals surface area contributed by atoms with Crippen molar-refractivity contribution < 1.29 is 17.9 Å². The van der Waals surface area contributed by atoms with Gasteiger partial charge < -0.3 is 20.1 Å². The number of thiophene rings is 1. The highest BCUT2D eigenvalue weighted by Gasteiger charge is 2.26. The summed E-state index contributed by atoms with van der Waals surface area (Å²) in [4.78, 5) is 8.55. The fraction of sp³-hybridized carbons (Fsp3) is 0.737. The zero-order valence-corrected chi connectivity index (χ0v) is 19.2. The molecule has 0 saturated carbocycles. The van der Waals surface area contributed by atoms with Crippen molar-refractivity contribution in [1.82, 2.24) is 15.5 Å². The molecule has 29 heavy (non-hydrogen) atoms. The van der Waals surface area contributed by atoms with Crippen LogP contribution in [-0.2, 0) is 19.3 Å². The number of hydrogen-bond donors (Lipinski definition) is 2. The summed E-state index contributed by atoms with van der Waals surface area (Å²) >= 11 is 1.76. The number of rotatable bonds is 11. The molecule has 0 aromatic carbocycles. The summed E-state index contributed by atoms with van der Waals surface area (Å²) in [5.41, 5.74) is 0. The van der Waals surface area contributed by atoms with Gasteiger partial charge in [0, 0.05) is 37.3 Å². The van der Waals surface area contributed by atoms with Gasteiger partial charge >= 0.3 is 0 Å². The molecule has 2 N–H and O–H groups in total. The zero-order valence-electron chi connectivity index (χ0n) is 17.6. The highest BCUT2D eigenvalue weighted by Crippen LogP contribution is 2.27. The Bertz CT molecular complexity index is 710. The Kier molecular flexibility index (Phi) is 10.4. The first-order valence-corrected chi connectivity index (χ1v) is 13.0. The van der Waals surface area contributed by atoms with E-state index in [0.717, 1.165) is 32.2 Å². The molecule has 8 nitrogen and oxygen atoms in total. The predicted molar refractivity (Wildman–Crippen MR) is 119 cm³/mol. The van der Waals surface area contributed by atoms with Crippen LogP contribution >= 0.6 is 11.3 Å². The van der Waals surface area contributed by atoms with Crippen molar-refractivity contribution in [3.63, 3.8) is 0 Å². The van der Waals surface area contributed by atoms with Crippen molar-refractivity contribution in [2.45, 2.75) is 26.0 Å². The van der Waals surface area contributed by atoms with Crippen LogP contribution in [0, 0.1) is 0 Å². The minimum atomic E-state index is -2.98. The minimum Gasteiger partial charge on any atom is -0.379 e. The molecule has 166 valence electrons. The van der Waals surface area contributed by atoms with Crippen LogP contribution in [0.2, 0.25) is 0 Å². The lowest BCUT2D eigenvalue weighted by Crippen LogP contribution is -2.44. The zero-order chi connectivity index (χ0) is 21.1. The molecule has 1 aliphatic rings. The SMILES string of the molecule is CCNC(=NCC(c1cccs1)N1CCOC(C)C1)NCCOCCS(C)(=O)=O. The number of nitrogens with one attached hydrogen (secondary N) is 2. The second-order valence-corrected chi connectivity index (χ2v) is 10.3. The van der Waals surface area contributed by atoms with Gasteiger partial charge in [-0.3, -0.25) is 9.89 Å². The second kappa shape index (κ2) is 12.5. The van der Waals surface area contributed by atoms with Gasteiger partial charge in [-0.15, -0.1) is 11.3 Å². The van der Waals surface area contributed by atoms with Crippen LogP contribution < -0.4 is 10.6 Å². The summed E-state index contributed by atoms with van der Waals surface area (Å²) < 4.78 is 33.3. The summed E-state index contributed by atoms with van der Waals surface area (Å²) in [7, 11) is -2.98. The van der Waals surface area contributed by atoms with Crippen LogP contribution in [0.3, 0.4) is 0 Å². The Hall–Kier alpha value is -1.20. The monoisotopic (exact) mass is 446 g/mol. The van der Waals surface area contributed by atoms with Gasteiger partial charge in [0.25, 0.3) is 0 Å². The quantitative estimate of drug-likeness (QED) is 0.299. The van der Waals surface area contributed by atoms with Gasteiger partial charge in [0.1, 0.15) is 9.84 Å². The van der Waals surface area contributed by atoms with Gasteiger partial charge in [0.15, 0.2) is 5.96 Å². The first-order chi connectivity index (χ1) is 13.9. The van der Waals surface area contributed by atoms with Crippen LogP contribution in [0.25, 0.3) is 0 Å². The smallest absolute Gasteiger partial charge is 0.191 e. The van der Waals surface area contributed by atoms with Crippen molar-refractivity contribution >= 4 is 27.1 Å². The molecular weight excluding hydrogens is 412 g/mol. The second-order valence-electron chi connectivity index (χ2n) is 7.10. The van der Waals surface area contributed by atoms with Gasteiger partial charge in [-0.1, -0.05) is 6.07 Å². The van der Waals surface area contributed by atoms with Crippen molar-refractivity contribution in [3.8, 4) is 0 Å². The third kappa shape index (κ3) is 9.43. The average Bonchev–Trinajstić information content (AvgIpc) is 3.18. The number of guanidine groups is 1. The topological polar surface area (TPSA) is 92.3 Å². The molecule has 2 unspecified atom stereocenters. The lowest BCUT2D eigenvalue weighted by Gasteiger charge is -2.36. The average molecular weight is 447 g/mol. The summed E-state index contributed by atoms with van der Waals surface area (Å²) in [6.45, 7) is 9.30. The third-order valence-corrected chi connectivity index (χ3v) is 6.37. The molecule has 2 rings (SSSR count). The molecule has 1 aliphatic heterocycles. The summed E-state index contributed by atoms with van der Waals surface area (Å²) in [6.07, 6.45) is 1.44. The molecule has 0 bridgehead atoms. The lowest BCUT2D eigenvalue weighted by atomic mass is 10.1. The van der Waals surface area contributed by atoms with Crippen LogP contribution in [0.15, 0.2) is 22.5 Å². The molecular formula is C19H34N4O4S2. The fourth-order valence-electron chi connectivity index (χ4n) is 3.07. The first-order valence-electron chi connectivity index (χ1n) is 10.1. The van der Waals surface area contributed by atoms with Gasteiger partial charge in [-0.05, 0) is 25.3 Å². The van der Waals surface area contributed by atoms with E-state index >= 15 is 0 Å². The standard InChI is InChI=1S/C19H34N4O4S2/c1-4-20-19(21-7-9-26-11-13-29(3,24)25)22-14-17(18-6-5-12-28-18)23-8-10-27-16(2)15-23/h5-6,12,16-17H,4,7-11,13-15H2,1-3H3,(H2,20,21,22). The van der Waals surface area contributed by atoms with Gasteiger partial charge in [0.2, 0.25) is 0 Å². The van der Waals surface area contributed by atoms with E-state index in [-0.39, 0.29) is 24.5 Å². The lowest BCUT2D eigenvalue weighted by molar-refractivity contribution is -0.0327. The fourth-order valence-corrected chi connectivity index (χ4v) is 4.34. The Balaban J connectivity index is 1.89. The highest BCUT2D eigenvalue weighted by molar-refractivity contribution is 7.90. The van der Waals surface area contributed by atoms with E-state index in [1.54, 1.807) is 11.3 Å². The number of ether oxygens (including phenoxy) is 2. The number of hydrogen-bond acceptors (Lipinski definition) is 7. The molecule has 1 saturated heterocycles. The van der Waals surface area contributed by atoms with Crippen molar-refractivity contribution in [3.05, 3.63) is 22.4 Å². The maximum absolute atomic E-state index is 11.1. The first kappa shape index (κ1) is 24.1. The molecule has 1 fully saturated rings. The van der Waals surface area contributed by atoms with E-state index in [9.17, 15) is 8.42 Å². The third-order valence-electron chi connectivity index (χ3n) is 4.49. The summed E-state index contributed by atoms with van der Waals surface area (Å²) in [6, 6.07) is 4.47. The molecule has 1 aromatic heterocycles. The maximum atomic E-state index is 11.1. The van der Waals surface area contributed by atoms with Crippen molar-refractivity contribution in [2.75, 3.05) is 64.6 Å². The van der Waals surface area contributed by atoms with Crippen LogP contribution in [0.5, 0.6) is 0 Å². The van der Waals surface area contributed by atoms with Gasteiger partial charge in [-0.25, -0.2) is 8.42 Å². The molecule has 1 aromatic rings. The highest BCUT2D eigenvalue weighted by atomic mass is 32.2. The maximum Gasteiger partial charge on any atom is 0.191 e. The molecule has 0 aliphatic carbocycles. The number of nitrogens with zero attached hydrogens (tertiary/aromatic N) is 2. The van der Waals surface area contributed by atoms with Crippen LogP contribution in [0.1, 0.15) is 24.8 Å². The Labute approximate surface area is 178 Å². The minimum absolute atomic E-state index is 0.0433. The largest absolute Gasteiger partial charge is 0.379 e. The molecule has 0 radical (unpaired) electrons. The van der Waals surface area contributed by atoms with E-state index in [1.165, 1.54) is 11.1 Å². The molecule has 0 spiro atoms. The van der Waals surface area contributed by atoms with Gasteiger partial charge in [0.05, 0.1) is 44.3 Å². The molecule has 0 amide bonds. The summed E-state index contributed by atoms with van der Waals surface area (Å²) in [5.74, 6) is 0.781. The Morgan fingerprint density at radius 3 is 2.93 bits per heavy atom. The predicted octanol–water partition coefficient (Wildman–Crippen LogP) is 1.13. The van der Waals surface area contributed by atoms with E-state index in [0.29, 0.717) is 19.7 Å². The number of aliphatic imine (C=N–C) groups is 1. The van der Waals surface area contributed by atoms with E-state index in [4.69, 9.17) is 14.5 Å². The normalized spacial score (nSPS) is 19.8. The van der Waals surface area contributed by atoms with Gasteiger partial charge in [-0.2, -0.15) is 0 Å². The van der Waals surface area contributed by atoms with E-state index in [2.05, 4.69) is 40.0 Å². The van der Waals surface area contributed by atoms with Crippen molar-refractivity contribution in [2.24, 2.45) is 4.99 Å². The number of morpholine rings is 1. The van der Waals surface area contributed by atoms with Crippen molar-refractivity contribution in [1.29, 1.82) is 0 Å². The number of sulfone groups is 1. The summed E-state index contributed by atoms with van der Waals surface area (Å²) in [5, 5.41) is 8.62. The molecule has 10 heteroatoms.